The lowest BCUT2D eigenvalue weighted by molar-refractivity contribution is 0.0695. The molecule has 1 aliphatic carbocycles. The Morgan fingerprint density at radius 2 is 2.00 bits per heavy atom. The summed E-state index contributed by atoms with van der Waals surface area (Å²) in [4.78, 5) is 11.3. The first kappa shape index (κ1) is 11.5. The van der Waals surface area contributed by atoms with Crippen molar-refractivity contribution in [2.75, 3.05) is 0 Å². The topological polar surface area (TPSA) is 37.3 Å². The van der Waals surface area contributed by atoms with Crippen molar-refractivity contribution in [1.82, 2.24) is 0 Å². The maximum absolute atomic E-state index is 11.3. The second-order valence-electron chi connectivity index (χ2n) is 4.39. The smallest absolute Gasteiger partial charge is 0.337 e. The minimum Gasteiger partial charge on any atom is -0.478 e. The first-order valence-electron chi connectivity index (χ1n) is 5.65. The fraction of sp³-hybridized carbons (Fsp3) is 0.462. The van der Waals surface area contributed by atoms with Crippen LogP contribution in [0, 0.1) is 6.92 Å². The number of carboxylic acids is 1. The fourth-order valence-corrected chi connectivity index (χ4v) is 2.68. The van der Waals surface area contributed by atoms with Gasteiger partial charge in [-0.3, -0.25) is 0 Å². The molecule has 0 saturated carbocycles. The minimum absolute atomic E-state index is 0.332. The van der Waals surface area contributed by atoms with Gasteiger partial charge in [-0.05, 0) is 49.3 Å². The highest BCUT2D eigenvalue weighted by molar-refractivity contribution is 6.34. The zero-order valence-electron chi connectivity index (χ0n) is 9.35. The lowest BCUT2D eigenvalue weighted by Gasteiger charge is -2.13. The SMILES string of the molecule is Cc1cc2c(c(C(=O)O)c1Cl)CCCCC2. The number of carboxylic acid groups (broad SMARTS) is 1. The molecule has 3 heteroatoms. The number of carbonyl (C=O) groups is 1. The molecule has 2 nitrogen and oxygen atoms in total. The number of hydrogen-bond donors (Lipinski definition) is 1. The molecule has 2 rings (SSSR count). The maximum atomic E-state index is 11.3. The van der Waals surface area contributed by atoms with Crippen molar-refractivity contribution in [3.8, 4) is 0 Å². The van der Waals surface area contributed by atoms with Gasteiger partial charge in [0.15, 0.2) is 0 Å². The van der Waals surface area contributed by atoms with Gasteiger partial charge in [-0.25, -0.2) is 4.79 Å². The number of aromatic carboxylic acids is 1. The Morgan fingerprint density at radius 1 is 1.31 bits per heavy atom. The Labute approximate surface area is 100 Å². The van der Waals surface area contributed by atoms with Gasteiger partial charge in [0.05, 0.1) is 10.6 Å². The van der Waals surface area contributed by atoms with Crippen molar-refractivity contribution in [3.63, 3.8) is 0 Å². The summed E-state index contributed by atoms with van der Waals surface area (Å²) in [5.41, 5.74) is 3.34. The van der Waals surface area contributed by atoms with Crippen LogP contribution in [0.3, 0.4) is 0 Å². The summed E-state index contributed by atoms with van der Waals surface area (Å²) in [5.74, 6) is -0.896. The van der Waals surface area contributed by atoms with Gasteiger partial charge in [0, 0.05) is 0 Å². The van der Waals surface area contributed by atoms with Gasteiger partial charge in [0.2, 0.25) is 0 Å². The number of hydrogen-bond acceptors (Lipinski definition) is 1. The maximum Gasteiger partial charge on any atom is 0.337 e. The minimum atomic E-state index is -0.896. The number of benzene rings is 1. The summed E-state index contributed by atoms with van der Waals surface area (Å²) in [6.45, 7) is 1.87. The molecular weight excluding hydrogens is 224 g/mol. The molecule has 0 radical (unpaired) electrons. The molecule has 1 aromatic rings. The summed E-state index contributed by atoms with van der Waals surface area (Å²) < 4.78 is 0. The average Bonchev–Trinajstić information content (AvgIpc) is 2.44. The van der Waals surface area contributed by atoms with Crippen molar-refractivity contribution in [2.24, 2.45) is 0 Å². The van der Waals surface area contributed by atoms with Crippen LogP contribution in [-0.4, -0.2) is 11.1 Å². The molecule has 0 heterocycles. The van der Waals surface area contributed by atoms with Gasteiger partial charge < -0.3 is 5.11 Å². The standard InChI is InChI=1S/C13H15ClO2/c1-8-7-9-5-3-2-4-6-10(9)11(12(8)14)13(15)16/h7H,2-6H2,1H3,(H,15,16). The average molecular weight is 239 g/mol. The van der Waals surface area contributed by atoms with Gasteiger partial charge in [0.25, 0.3) is 0 Å². The lowest BCUT2D eigenvalue weighted by atomic mass is 9.94. The third-order valence-electron chi connectivity index (χ3n) is 3.23. The molecule has 0 aliphatic heterocycles. The molecule has 0 unspecified atom stereocenters. The van der Waals surface area contributed by atoms with Crippen LogP contribution in [0.5, 0.6) is 0 Å². The van der Waals surface area contributed by atoms with Crippen LogP contribution in [0.1, 0.15) is 46.3 Å². The predicted octanol–water partition coefficient (Wildman–Crippen LogP) is 3.62. The van der Waals surface area contributed by atoms with Crippen molar-refractivity contribution in [1.29, 1.82) is 0 Å². The highest BCUT2D eigenvalue weighted by Crippen LogP contribution is 2.31. The summed E-state index contributed by atoms with van der Waals surface area (Å²) in [6.07, 6.45) is 5.20. The molecule has 0 fully saturated rings. The number of fused-ring (bicyclic) bond motifs is 1. The van der Waals surface area contributed by atoms with E-state index in [0.29, 0.717) is 10.6 Å². The highest BCUT2D eigenvalue weighted by Gasteiger charge is 2.21. The van der Waals surface area contributed by atoms with E-state index < -0.39 is 5.97 Å². The number of aryl methyl sites for hydroxylation is 2. The van der Waals surface area contributed by atoms with E-state index in [2.05, 4.69) is 6.07 Å². The van der Waals surface area contributed by atoms with E-state index in [-0.39, 0.29) is 0 Å². The van der Waals surface area contributed by atoms with E-state index in [1.54, 1.807) is 0 Å². The third-order valence-corrected chi connectivity index (χ3v) is 3.72. The van der Waals surface area contributed by atoms with E-state index in [4.69, 9.17) is 11.6 Å². The van der Waals surface area contributed by atoms with E-state index in [1.165, 1.54) is 12.0 Å². The number of halogens is 1. The van der Waals surface area contributed by atoms with E-state index in [0.717, 1.165) is 36.8 Å². The Balaban J connectivity index is 2.65. The molecule has 1 aliphatic rings. The molecule has 16 heavy (non-hydrogen) atoms. The normalized spacial score (nSPS) is 15.4. The summed E-state index contributed by atoms with van der Waals surface area (Å²) in [6, 6.07) is 2.05. The fourth-order valence-electron chi connectivity index (χ4n) is 2.43. The second kappa shape index (κ2) is 4.46. The Kier molecular flexibility index (Phi) is 3.20. The van der Waals surface area contributed by atoms with Gasteiger partial charge in [-0.1, -0.05) is 24.1 Å². The van der Waals surface area contributed by atoms with Crippen molar-refractivity contribution in [2.45, 2.75) is 39.0 Å². The predicted molar refractivity (Wildman–Crippen MR) is 64.4 cm³/mol. The van der Waals surface area contributed by atoms with Crippen LogP contribution in [0.2, 0.25) is 5.02 Å². The van der Waals surface area contributed by atoms with E-state index in [9.17, 15) is 9.90 Å². The zero-order chi connectivity index (χ0) is 11.7. The first-order valence-corrected chi connectivity index (χ1v) is 6.03. The van der Waals surface area contributed by atoms with Crippen LogP contribution >= 0.6 is 11.6 Å². The molecule has 1 aromatic carbocycles. The summed E-state index contributed by atoms with van der Waals surface area (Å²) in [5, 5.41) is 9.66. The van der Waals surface area contributed by atoms with Gasteiger partial charge >= 0.3 is 5.97 Å². The van der Waals surface area contributed by atoms with Crippen LogP contribution in [0.4, 0.5) is 0 Å². The molecule has 0 amide bonds. The van der Waals surface area contributed by atoms with Gasteiger partial charge in [-0.2, -0.15) is 0 Å². The zero-order valence-corrected chi connectivity index (χ0v) is 10.1. The molecule has 0 saturated heterocycles. The first-order chi connectivity index (χ1) is 7.61. The quantitative estimate of drug-likeness (QED) is 0.759. The van der Waals surface area contributed by atoms with Crippen LogP contribution in [-0.2, 0) is 12.8 Å². The van der Waals surface area contributed by atoms with Crippen molar-refractivity contribution < 1.29 is 9.90 Å². The van der Waals surface area contributed by atoms with Crippen LogP contribution in [0.15, 0.2) is 6.07 Å². The number of rotatable bonds is 1. The molecule has 0 spiro atoms. The molecular formula is C13H15ClO2. The Hall–Kier alpha value is -1.02. The monoisotopic (exact) mass is 238 g/mol. The Morgan fingerprint density at radius 3 is 2.69 bits per heavy atom. The largest absolute Gasteiger partial charge is 0.478 e. The summed E-state index contributed by atoms with van der Waals surface area (Å²) in [7, 11) is 0. The highest BCUT2D eigenvalue weighted by atomic mass is 35.5. The molecule has 86 valence electrons. The van der Waals surface area contributed by atoms with Crippen molar-refractivity contribution >= 4 is 17.6 Å². The lowest BCUT2D eigenvalue weighted by Crippen LogP contribution is -2.07. The van der Waals surface area contributed by atoms with Gasteiger partial charge in [0.1, 0.15) is 0 Å². The van der Waals surface area contributed by atoms with Gasteiger partial charge in [-0.15, -0.1) is 0 Å². The summed E-state index contributed by atoms with van der Waals surface area (Å²) >= 11 is 6.10. The van der Waals surface area contributed by atoms with E-state index in [1.807, 2.05) is 6.92 Å². The Bertz CT molecular complexity index is 438. The molecule has 1 N–H and O–H groups in total. The molecule has 0 bridgehead atoms. The van der Waals surface area contributed by atoms with Crippen molar-refractivity contribution in [3.05, 3.63) is 33.3 Å². The molecule has 0 aromatic heterocycles. The second-order valence-corrected chi connectivity index (χ2v) is 4.76. The van der Waals surface area contributed by atoms with Crippen LogP contribution < -0.4 is 0 Å². The molecule has 0 atom stereocenters. The van der Waals surface area contributed by atoms with E-state index >= 15 is 0 Å². The van der Waals surface area contributed by atoms with Crippen LogP contribution in [0.25, 0.3) is 0 Å². The third kappa shape index (κ3) is 1.94.